The molecular weight excluding hydrogens is 349 g/mol. The van der Waals surface area contributed by atoms with E-state index < -0.39 is 17.7 Å². The van der Waals surface area contributed by atoms with Crippen molar-refractivity contribution in [2.24, 2.45) is 0 Å². The summed E-state index contributed by atoms with van der Waals surface area (Å²) in [6.07, 6.45) is -1.16. The smallest absolute Gasteiger partial charge is 0.165 e. The van der Waals surface area contributed by atoms with E-state index in [1.165, 1.54) is 19.1 Å². The highest BCUT2D eigenvalue weighted by Gasteiger charge is 2.20. The molecule has 94 valence electrons. The van der Waals surface area contributed by atoms with E-state index in [4.69, 9.17) is 0 Å². The van der Waals surface area contributed by atoms with Crippen molar-refractivity contribution in [2.75, 3.05) is 0 Å². The van der Waals surface area contributed by atoms with Crippen molar-refractivity contribution in [3.63, 3.8) is 0 Å². The van der Waals surface area contributed by atoms with Gasteiger partial charge in [0.05, 0.1) is 0 Å². The van der Waals surface area contributed by atoms with E-state index in [9.17, 15) is 13.9 Å². The minimum absolute atomic E-state index is 0.0396. The van der Waals surface area contributed by atoms with Crippen molar-refractivity contribution >= 4 is 22.6 Å². The van der Waals surface area contributed by atoms with Crippen LogP contribution in [0.2, 0.25) is 0 Å². The van der Waals surface area contributed by atoms with Gasteiger partial charge in [0.15, 0.2) is 11.6 Å². The molecule has 0 aliphatic heterocycles. The molecule has 4 heteroatoms. The third kappa shape index (κ3) is 2.40. The van der Waals surface area contributed by atoms with Crippen LogP contribution in [-0.2, 0) is 0 Å². The number of aliphatic hydroxyl groups is 1. The lowest BCUT2D eigenvalue weighted by Crippen LogP contribution is -2.06. The van der Waals surface area contributed by atoms with Gasteiger partial charge >= 0.3 is 0 Å². The van der Waals surface area contributed by atoms with Gasteiger partial charge in [-0.2, -0.15) is 0 Å². The van der Waals surface area contributed by atoms with Crippen LogP contribution >= 0.6 is 22.6 Å². The molecular formula is C14H11F2IO. The van der Waals surface area contributed by atoms with Gasteiger partial charge in [0.1, 0.15) is 6.10 Å². The minimum Gasteiger partial charge on any atom is -0.384 e. The molecule has 0 aliphatic rings. The van der Waals surface area contributed by atoms with Gasteiger partial charge in [-0.1, -0.05) is 30.3 Å². The Balaban J connectivity index is 2.50. The quantitative estimate of drug-likeness (QED) is 0.804. The van der Waals surface area contributed by atoms with E-state index in [2.05, 4.69) is 22.6 Å². The Morgan fingerprint density at radius 2 is 1.67 bits per heavy atom. The zero-order valence-corrected chi connectivity index (χ0v) is 11.8. The van der Waals surface area contributed by atoms with Crippen molar-refractivity contribution in [1.82, 2.24) is 0 Å². The molecule has 0 heterocycles. The summed E-state index contributed by atoms with van der Waals surface area (Å²) in [4.78, 5) is 0. The van der Waals surface area contributed by atoms with Crippen LogP contribution < -0.4 is 0 Å². The van der Waals surface area contributed by atoms with Crippen LogP contribution in [0, 0.1) is 22.1 Å². The number of aliphatic hydroxyl groups excluding tert-OH is 1. The molecule has 0 amide bonds. The highest BCUT2D eigenvalue weighted by molar-refractivity contribution is 14.1. The lowest BCUT2D eigenvalue weighted by molar-refractivity contribution is 0.212. The molecule has 2 rings (SSSR count). The Hall–Kier alpha value is -1.01. The molecule has 2 aromatic carbocycles. The second-order valence-electron chi connectivity index (χ2n) is 4.02. The minimum atomic E-state index is -1.16. The maximum absolute atomic E-state index is 13.8. The Kier molecular flexibility index (Phi) is 3.97. The predicted octanol–water partition coefficient (Wildman–Crippen LogP) is 3.96. The van der Waals surface area contributed by atoms with E-state index in [-0.39, 0.29) is 11.1 Å². The Labute approximate surface area is 118 Å². The first kappa shape index (κ1) is 13.4. The number of hydrogen-bond acceptors (Lipinski definition) is 1. The first-order chi connectivity index (χ1) is 8.52. The lowest BCUT2D eigenvalue weighted by Gasteiger charge is -2.15. The van der Waals surface area contributed by atoms with E-state index in [1.54, 1.807) is 12.1 Å². The largest absolute Gasteiger partial charge is 0.384 e. The predicted molar refractivity (Wildman–Crippen MR) is 74.3 cm³/mol. The first-order valence-corrected chi connectivity index (χ1v) is 6.47. The third-order valence-corrected chi connectivity index (χ3v) is 3.78. The number of benzene rings is 2. The van der Waals surface area contributed by atoms with Crippen molar-refractivity contribution in [1.29, 1.82) is 0 Å². The molecule has 1 nitrogen and oxygen atoms in total. The molecule has 0 radical (unpaired) electrons. The summed E-state index contributed by atoms with van der Waals surface area (Å²) in [5, 5.41) is 10.2. The number of halogens is 3. The average Bonchev–Trinajstić information content (AvgIpc) is 2.36. The fourth-order valence-electron chi connectivity index (χ4n) is 1.74. The molecule has 0 saturated carbocycles. The molecule has 0 fully saturated rings. The zero-order chi connectivity index (χ0) is 13.3. The molecule has 0 spiro atoms. The van der Waals surface area contributed by atoms with Gasteiger partial charge in [-0.25, -0.2) is 8.78 Å². The average molecular weight is 360 g/mol. The van der Waals surface area contributed by atoms with Crippen molar-refractivity contribution in [2.45, 2.75) is 13.0 Å². The Morgan fingerprint density at radius 3 is 2.33 bits per heavy atom. The first-order valence-electron chi connectivity index (χ1n) is 5.39. The third-order valence-electron chi connectivity index (χ3n) is 2.80. The highest BCUT2D eigenvalue weighted by Crippen LogP contribution is 2.29. The van der Waals surface area contributed by atoms with Crippen LogP contribution in [0.4, 0.5) is 8.78 Å². The van der Waals surface area contributed by atoms with E-state index in [1.807, 2.05) is 12.1 Å². The summed E-state index contributed by atoms with van der Waals surface area (Å²) in [5.41, 5.74) is 0.758. The lowest BCUT2D eigenvalue weighted by atomic mass is 9.99. The summed E-state index contributed by atoms with van der Waals surface area (Å²) >= 11 is 2.05. The summed E-state index contributed by atoms with van der Waals surface area (Å²) in [6.45, 7) is 1.49. The Morgan fingerprint density at radius 1 is 1.00 bits per heavy atom. The number of hydrogen-bond donors (Lipinski definition) is 1. The standard InChI is InChI=1S/C14H11F2IO/c1-8-6-7-10(13(16)12(8)15)14(18)9-4-2-3-5-11(9)17/h2-7,14,18H,1H3. The van der Waals surface area contributed by atoms with Gasteiger partial charge in [-0.05, 0) is 46.7 Å². The van der Waals surface area contributed by atoms with Crippen LogP contribution in [0.15, 0.2) is 36.4 Å². The van der Waals surface area contributed by atoms with Gasteiger partial charge in [0.2, 0.25) is 0 Å². The summed E-state index contributed by atoms with van der Waals surface area (Å²) < 4.78 is 28.1. The molecule has 0 saturated heterocycles. The second-order valence-corrected chi connectivity index (χ2v) is 5.19. The van der Waals surface area contributed by atoms with E-state index in [0.717, 1.165) is 3.57 Å². The SMILES string of the molecule is Cc1ccc(C(O)c2ccccc2I)c(F)c1F. The normalized spacial score (nSPS) is 12.5. The number of aryl methyl sites for hydroxylation is 1. The molecule has 1 atom stereocenters. The van der Waals surface area contributed by atoms with Crippen LogP contribution in [0.5, 0.6) is 0 Å². The summed E-state index contributed by atoms with van der Waals surface area (Å²) in [5.74, 6) is -1.89. The Bertz CT molecular complexity index is 584. The van der Waals surface area contributed by atoms with Gasteiger partial charge in [-0.3, -0.25) is 0 Å². The van der Waals surface area contributed by atoms with E-state index >= 15 is 0 Å². The highest BCUT2D eigenvalue weighted by atomic mass is 127. The maximum atomic E-state index is 13.8. The number of rotatable bonds is 2. The van der Waals surface area contributed by atoms with Gasteiger partial charge in [-0.15, -0.1) is 0 Å². The molecule has 0 aliphatic carbocycles. The fraction of sp³-hybridized carbons (Fsp3) is 0.143. The molecule has 0 bridgehead atoms. The van der Waals surface area contributed by atoms with Crippen LogP contribution in [-0.4, -0.2) is 5.11 Å². The van der Waals surface area contributed by atoms with Crippen molar-refractivity contribution < 1.29 is 13.9 Å². The maximum Gasteiger partial charge on any atom is 0.165 e. The van der Waals surface area contributed by atoms with Gasteiger partial charge in [0.25, 0.3) is 0 Å². The van der Waals surface area contributed by atoms with E-state index in [0.29, 0.717) is 5.56 Å². The molecule has 0 aromatic heterocycles. The second kappa shape index (κ2) is 5.32. The topological polar surface area (TPSA) is 20.2 Å². The van der Waals surface area contributed by atoms with Crippen molar-refractivity contribution in [3.05, 3.63) is 68.3 Å². The molecule has 2 aromatic rings. The molecule has 1 N–H and O–H groups in total. The van der Waals surface area contributed by atoms with Gasteiger partial charge in [0, 0.05) is 9.13 Å². The summed E-state index contributed by atoms with van der Waals surface area (Å²) in [7, 11) is 0. The fourth-order valence-corrected chi connectivity index (χ4v) is 2.42. The van der Waals surface area contributed by atoms with Crippen LogP contribution in [0.25, 0.3) is 0 Å². The van der Waals surface area contributed by atoms with Crippen LogP contribution in [0.3, 0.4) is 0 Å². The van der Waals surface area contributed by atoms with Gasteiger partial charge < -0.3 is 5.11 Å². The van der Waals surface area contributed by atoms with Crippen molar-refractivity contribution in [3.8, 4) is 0 Å². The molecule has 1 unspecified atom stereocenters. The monoisotopic (exact) mass is 360 g/mol. The summed E-state index contributed by atoms with van der Waals surface area (Å²) in [6, 6.07) is 9.96. The molecule has 18 heavy (non-hydrogen) atoms. The zero-order valence-electron chi connectivity index (χ0n) is 9.62. The van der Waals surface area contributed by atoms with Crippen LogP contribution in [0.1, 0.15) is 22.8 Å².